The molecule has 3 rings (SSSR count). The number of amides is 1. The van der Waals surface area contributed by atoms with Gasteiger partial charge in [0.15, 0.2) is 0 Å². The molecule has 1 heterocycles. The van der Waals surface area contributed by atoms with Crippen molar-refractivity contribution >= 4 is 27.5 Å². The van der Waals surface area contributed by atoms with Crippen molar-refractivity contribution in [2.75, 3.05) is 18.8 Å². The minimum Gasteiger partial charge on any atom is -0.399 e. The van der Waals surface area contributed by atoms with Gasteiger partial charge in [0.25, 0.3) is 5.91 Å². The number of nitrogens with zero attached hydrogens (tertiary/aromatic N) is 1. The highest BCUT2D eigenvalue weighted by atomic mass is 79.9. The summed E-state index contributed by atoms with van der Waals surface area (Å²) < 4.78 is 13.6. The van der Waals surface area contributed by atoms with Crippen LogP contribution in [0.5, 0.6) is 0 Å². The van der Waals surface area contributed by atoms with E-state index in [0.717, 1.165) is 24.1 Å². The summed E-state index contributed by atoms with van der Waals surface area (Å²) in [6.07, 6.45) is 1.83. The molecule has 1 aliphatic heterocycles. The highest BCUT2D eigenvalue weighted by Crippen LogP contribution is 2.32. The zero-order valence-corrected chi connectivity index (χ0v) is 15.1. The Labute approximate surface area is 149 Å². The first-order valence-corrected chi connectivity index (χ1v) is 8.86. The predicted molar refractivity (Wildman–Crippen MR) is 97.6 cm³/mol. The number of nitrogens with two attached hydrogens (primary N) is 1. The van der Waals surface area contributed by atoms with Crippen molar-refractivity contribution < 1.29 is 9.18 Å². The van der Waals surface area contributed by atoms with E-state index in [9.17, 15) is 9.18 Å². The number of benzene rings is 2. The molecule has 0 unspecified atom stereocenters. The van der Waals surface area contributed by atoms with Gasteiger partial charge in [-0.3, -0.25) is 4.79 Å². The number of rotatable bonds is 2. The van der Waals surface area contributed by atoms with Crippen LogP contribution in [0.4, 0.5) is 10.1 Å². The lowest BCUT2D eigenvalue weighted by Gasteiger charge is -2.33. The van der Waals surface area contributed by atoms with Crippen LogP contribution in [0.25, 0.3) is 0 Å². The number of hydrogen-bond donors (Lipinski definition) is 1. The van der Waals surface area contributed by atoms with Crippen molar-refractivity contribution in [2.24, 2.45) is 0 Å². The molecule has 2 aromatic carbocycles. The van der Waals surface area contributed by atoms with E-state index in [2.05, 4.69) is 28.9 Å². The predicted octanol–water partition coefficient (Wildman–Crippen LogP) is 4.50. The summed E-state index contributed by atoms with van der Waals surface area (Å²) in [5.41, 5.74) is 9.77. The van der Waals surface area contributed by atoms with Crippen molar-refractivity contribution in [3.8, 4) is 0 Å². The average molecular weight is 391 g/mol. The summed E-state index contributed by atoms with van der Waals surface area (Å²) in [6, 6.07) is 10.4. The molecule has 0 aliphatic carbocycles. The van der Waals surface area contributed by atoms with Gasteiger partial charge in [0.1, 0.15) is 5.82 Å². The van der Waals surface area contributed by atoms with Crippen LogP contribution in [0, 0.1) is 12.7 Å². The molecule has 24 heavy (non-hydrogen) atoms. The third kappa shape index (κ3) is 3.31. The van der Waals surface area contributed by atoms with Crippen molar-refractivity contribution in [2.45, 2.75) is 25.7 Å². The Morgan fingerprint density at radius 1 is 1.25 bits per heavy atom. The largest absolute Gasteiger partial charge is 0.399 e. The Kier molecular flexibility index (Phi) is 4.90. The average Bonchev–Trinajstić information content (AvgIpc) is 2.59. The van der Waals surface area contributed by atoms with Crippen LogP contribution >= 0.6 is 15.9 Å². The summed E-state index contributed by atoms with van der Waals surface area (Å²) in [5, 5.41) is 0. The quantitative estimate of drug-likeness (QED) is 0.767. The number of hydrogen-bond acceptors (Lipinski definition) is 2. The number of carbonyl (C=O) groups is 1. The third-order valence-corrected chi connectivity index (χ3v) is 5.41. The molecule has 2 aromatic rings. The van der Waals surface area contributed by atoms with Crippen LogP contribution in [0.2, 0.25) is 0 Å². The number of carbonyl (C=O) groups excluding carboxylic acids is 1. The van der Waals surface area contributed by atoms with Crippen molar-refractivity contribution in [3.05, 3.63) is 63.4 Å². The van der Waals surface area contributed by atoms with Crippen LogP contribution in [0.1, 0.15) is 40.2 Å². The van der Waals surface area contributed by atoms with Gasteiger partial charge in [-0.1, -0.05) is 12.1 Å². The molecule has 0 atom stereocenters. The standard InChI is InChI=1S/C19H20BrFN2O/c1-12-15(3-2-4-18(12)22)13-7-9-23(10-8-13)19(24)14-5-6-17(21)16(20)11-14/h2-6,11,13H,7-10,22H2,1H3. The first-order valence-electron chi connectivity index (χ1n) is 8.06. The maximum absolute atomic E-state index is 13.3. The van der Waals surface area contributed by atoms with E-state index in [0.29, 0.717) is 29.0 Å². The molecule has 0 spiro atoms. The smallest absolute Gasteiger partial charge is 0.253 e. The van der Waals surface area contributed by atoms with Crippen LogP contribution in [-0.4, -0.2) is 23.9 Å². The molecule has 1 fully saturated rings. The Morgan fingerprint density at radius 3 is 2.62 bits per heavy atom. The highest BCUT2D eigenvalue weighted by Gasteiger charge is 2.26. The van der Waals surface area contributed by atoms with E-state index >= 15 is 0 Å². The summed E-state index contributed by atoms with van der Waals surface area (Å²) >= 11 is 3.14. The van der Waals surface area contributed by atoms with Gasteiger partial charge in [-0.15, -0.1) is 0 Å². The summed E-state index contributed by atoms with van der Waals surface area (Å²) in [6.45, 7) is 3.46. The molecular formula is C19H20BrFN2O. The lowest BCUT2D eigenvalue weighted by atomic mass is 9.86. The Hall–Kier alpha value is -1.88. The summed E-state index contributed by atoms with van der Waals surface area (Å²) in [5.74, 6) is 0.0263. The van der Waals surface area contributed by atoms with Gasteiger partial charge in [-0.05, 0) is 77.0 Å². The fourth-order valence-corrected chi connectivity index (χ4v) is 3.70. The third-order valence-electron chi connectivity index (χ3n) is 4.81. The van der Waals surface area contributed by atoms with E-state index in [1.807, 2.05) is 17.0 Å². The zero-order chi connectivity index (χ0) is 17.3. The van der Waals surface area contributed by atoms with Crippen molar-refractivity contribution in [3.63, 3.8) is 0 Å². The van der Waals surface area contributed by atoms with E-state index in [1.54, 1.807) is 6.07 Å². The van der Waals surface area contributed by atoms with Crippen LogP contribution in [-0.2, 0) is 0 Å². The molecule has 2 N–H and O–H groups in total. The monoisotopic (exact) mass is 390 g/mol. The van der Waals surface area contributed by atoms with Gasteiger partial charge in [0.05, 0.1) is 4.47 Å². The van der Waals surface area contributed by atoms with Crippen molar-refractivity contribution in [1.29, 1.82) is 0 Å². The summed E-state index contributed by atoms with van der Waals surface area (Å²) in [7, 11) is 0. The van der Waals surface area contributed by atoms with Gasteiger partial charge in [-0.2, -0.15) is 0 Å². The second-order valence-electron chi connectivity index (χ2n) is 6.26. The molecule has 5 heteroatoms. The second kappa shape index (κ2) is 6.93. The van der Waals surface area contributed by atoms with E-state index in [-0.39, 0.29) is 11.7 Å². The van der Waals surface area contributed by atoms with Gasteiger partial charge in [0.2, 0.25) is 0 Å². The van der Waals surface area contributed by atoms with Crippen LogP contribution in [0.15, 0.2) is 40.9 Å². The number of anilines is 1. The highest BCUT2D eigenvalue weighted by molar-refractivity contribution is 9.10. The minimum atomic E-state index is -0.359. The molecular weight excluding hydrogens is 371 g/mol. The lowest BCUT2D eigenvalue weighted by molar-refractivity contribution is 0.0713. The molecule has 1 amide bonds. The zero-order valence-electron chi connectivity index (χ0n) is 13.6. The molecule has 1 saturated heterocycles. The SMILES string of the molecule is Cc1c(N)cccc1C1CCN(C(=O)c2ccc(F)c(Br)c2)CC1. The van der Waals surface area contributed by atoms with Crippen LogP contribution in [0.3, 0.4) is 0 Å². The normalized spacial score (nSPS) is 15.5. The molecule has 0 saturated carbocycles. The summed E-state index contributed by atoms with van der Waals surface area (Å²) in [4.78, 5) is 14.4. The van der Waals surface area contributed by atoms with Crippen molar-refractivity contribution in [1.82, 2.24) is 4.90 Å². The second-order valence-corrected chi connectivity index (χ2v) is 7.11. The topological polar surface area (TPSA) is 46.3 Å². The van der Waals surface area contributed by atoms with Gasteiger partial charge in [0, 0.05) is 24.3 Å². The molecule has 1 aliphatic rings. The fraction of sp³-hybridized carbons (Fsp3) is 0.316. The van der Waals surface area contributed by atoms with Gasteiger partial charge < -0.3 is 10.6 Å². The Balaban J connectivity index is 1.69. The Bertz CT molecular complexity index is 770. The Morgan fingerprint density at radius 2 is 1.96 bits per heavy atom. The number of nitrogen functional groups attached to an aromatic ring is 1. The first-order chi connectivity index (χ1) is 11.5. The van der Waals surface area contributed by atoms with Crippen LogP contribution < -0.4 is 5.73 Å². The first kappa shape index (κ1) is 17.0. The maximum Gasteiger partial charge on any atom is 0.253 e. The molecule has 0 aromatic heterocycles. The minimum absolute atomic E-state index is 0.0431. The van der Waals surface area contributed by atoms with E-state index in [4.69, 9.17) is 5.73 Å². The van der Waals surface area contributed by atoms with E-state index < -0.39 is 0 Å². The molecule has 3 nitrogen and oxygen atoms in total. The molecule has 0 radical (unpaired) electrons. The number of halogens is 2. The maximum atomic E-state index is 13.3. The van der Waals surface area contributed by atoms with E-state index in [1.165, 1.54) is 17.7 Å². The molecule has 126 valence electrons. The van der Waals surface area contributed by atoms with Gasteiger partial charge in [-0.25, -0.2) is 4.39 Å². The fourth-order valence-electron chi connectivity index (χ4n) is 3.32. The lowest BCUT2D eigenvalue weighted by Crippen LogP contribution is -2.38. The molecule has 0 bridgehead atoms. The number of piperidine rings is 1. The van der Waals surface area contributed by atoms with Gasteiger partial charge >= 0.3 is 0 Å². The number of likely N-dealkylation sites (tertiary alicyclic amines) is 1.